The summed E-state index contributed by atoms with van der Waals surface area (Å²) in [5.41, 5.74) is 2.84. The molecule has 0 saturated carbocycles. The van der Waals surface area contributed by atoms with Gasteiger partial charge in [0.25, 0.3) is 5.69 Å². The third-order valence-corrected chi connectivity index (χ3v) is 4.58. The minimum atomic E-state index is -0.464. The molecule has 1 saturated heterocycles. The smallest absolute Gasteiger partial charge is 0.270 e. The van der Waals surface area contributed by atoms with Crippen molar-refractivity contribution in [2.24, 2.45) is 4.99 Å². The van der Waals surface area contributed by atoms with Crippen LogP contribution < -0.4 is 4.90 Å². The molecule has 2 N–H and O–H groups in total. The van der Waals surface area contributed by atoms with Crippen molar-refractivity contribution in [3.05, 3.63) is 58.1 Å². The third kappa shape index (κ3) is 3.47. The van der Waals surface area contributed by atoms with Crippen molar-refractivity contribution in [2.75, 3.05) is 31.2 Å². The fourth-order valence-electron chi connectivity index (χ4n) is 3.14. The molecule has 8 nitrogen and oxygen atoms in total. The predicted molar refractivity (Wildman–Crippen MR) is 103 cm³/mol. The number of rotatable bonds is 4. The van der Waals surface area contributed by atoms with Crippen molar-refractivity contribution in [3.63, 3.8) is 0 Å². The number of non-ortho nitro benzene ring substituents is 1. The molecule has 1 aliphatic rings. The summed E-state index contributed by atoms with van der Waals surface area (Å²) in [6.45, 7) is 3.19. The van der Waals surface area contributed by atoms with E-state index in [-0.39, 0.29) is 11.6 Å². The van der Waals surface area contributed by atoms with Crippen LogP contribution in [0.3, 0.4) is 0 Å². The molecule has 0 amide bonds. The third-order valence-electron chi connectivity index (χ3n) is 4.58. The number of H-pyrrole nitrogens is 1. The molecule has 2 aromatic carbocycles. The topological polar surface area (TPSA) is 104 Å². The van der Waals surface area contributed by atoms with Crippen LogP contribution in [0.25, 0.3) is 10.9 Å². The maximum absolute atomic E-state index is 11.0. The standard InChI is InChI=1S/C19H18N4O4/c24-19-17(16-11-15(23(25)26)5-6-18(16)21-19)12-20-13-1-3-14(4-2-13)22-7-9-27-10-8-22/h1-6,11-12,21,24H,7-10H2. The van der Waals surface area contributed by atoms with Gasteiger partial charge in [-0.1, -0.05) is 0 Å². The highest BCUT2D eigenvalue weighted by atomic mass is 16.6. The molecular weight excluding hydrogens is 348 g/mol. The second kappa shape index (κ2) is 7.08. The first-order valence-corrected chi connectivity index (χ1v) is 8.58. The number of aromatic hydroxyl groups is 1. The molecule has 8 heteroatoms. The number of benzene rings is 2. The van der Waals surface area contributed by atoms with E-state index in [1.165, 1.54) is 18.3 Å². The highest BCUT2D eigenvalue weighted by molar-refractivity contribution is 6.03. The van der Waals surface area contributed by atoms with Crippen LogP contribution in [-0.4, -0.2) is 47.5 Å². The monoisotopic (exact) mass is 366 g/mol. The molecule has 1 aliphatic heterocycles. The molecule has 1 aromatic heterocycles. The zero-order valence-corrected chi connectivity index (χ0v) is 14.5. The number of aliphatic imine (C=N–C) groups is 1. The molecule has 0 atom stereocenters. The lowest BCUT2D eigenvalue weighted by atomic mass is 10.1. The van der Waals surface area contributed by atoms with Crippen LogP contribution in [0.15, 0.2) is 47.5 Å². The number of hydrogen-bond acceptors (Lipinski definition) is 6. The van der Waals surface area contributed by atoms with Gasteiger partial charge < -0.3 is 19.7 Å². The Morgan fingerprint density at radius 1 is 1.19 bits per heavy atom. The van der Waals surface area contributed by atoms with Gasteiger partial charge in [-0.05, 0) is 30.3 Å². The maximum atomic E-state index is 11.0. The molecule has 138 valence electrons. The predicted octanol–water partition coefficient (Wildman–Crippen LogP) is 3.37. The minimum absolute atomic E-state index is 0.0361. The van der Waals surface area contributed by atoms with E-state index in [0.29, 0.717) is 16.5 Å². The van der Waals surface area contributed by atoms with Crippen molar-refractivity contribution in [2.45, 2.75) is 0 Å². The number of aromatic nitrogens is 1. The summed E-state index contributed by atoms with van der Waals surface area (Å²) in [6, 6.07) is 12.2. The van der Waals surface area contributed by atoms with Gasteiger partial charge in [-0.3, -0.25) is 15.1 Å². The summed E-state index contributed by atoms with van der Waals surface area (Å²) >= 11 is 0. The number of morpholine rings is 1. The average Bonchev–Trinajstić information content (AvgIpc) is 3.01. The Hall–Kier alpha value is -3.39. The molecule has 0 spiro atoms. The van der Waals surface area contributed by atoms with E-state index in [0.717, 1.165) is 37.7 Å². The summed E-state index contributed by atoms with van der Waals surface area (Å²) in [4.78, 5) is 20.0. The van der Waals surface area contributed by atoms with Gasteiger partial charge in [0.15, 0.2) is 5.88 Å². The van der Waals surface area contributed by atoms with E-state index in [1.807, 2.05) is 24.3 Å². The van der Waals surface area contributed by atoms with E-state index in [1.54, 1.807) is 6.07 Å². The Balaban J connectivity index is 1.59. The molecule has 0 bridgehead atoms. The van der Waals surface area contributed by atoms with Gasteiger partial charge in [0, 0.05) is 48.0 Å². The van der Waals surface area contributed by atoms with E-state index in [4.69, 9.17) is 4.74 Å². The molecule has 27 heavy (non-hydrogen) atoms. The number of nitro groups is 1. The second-order valence-electron chi connectivity index (χ2n) is 6.25. The first-order valence-electron chi connectivity index (χ1n) is 8.58. The van der Waals surface area contributed by atoms with Gasteiger partial charge in [-0.15, -0.1) is 0 Å². The molecule has 0 radical (unpaired) electrons. The maximum Gasteiger partial charge on any atom is 0.270 e. The van der Waals surface area contributed by atoms with Crippen LogP contribution >= 0.6 is 0 Å². The Kier molecular flexibility index (Phi) is 4.47. The Morgan fingerprint density at radius 2 is 1.93 bits per heavy atom. The number of ether oxygens (including phenoxy) is 1. The highest BCUT2D eigenvalue weighted by Gasteiger charge is 2.14. The van der Waals surface area contributed by atoms with Crippen molar-refractivity contribution < 1.29 is 14.8 Å². The highest BCUT2D eigenvalue weighted by Crippen LogP contribution is 2.29. The molecule has 0 aliphatic carbocycles. The Morgan fingerprint density at radius 3 is 2.63 bits per heavy atom. The molecule has 2 heterocycles. The van der Waals surface area contributed by atoms with Crippen LogP contribution in [0.1, 0.15) is 5.56 Å². The number of nitrogens with one attached hydrogen (secondary N) is 1. The van der Waals surface area contributed by atoms with E-state index in [9.17, 15) is 15.2 Å². The SMILES string of the molecule is O=[N+]([O-])c1ccc2[nH]c(O)c(C=Nc3ccc(N4CCOCC4)cc3)c2c1. The molecular formula is C19H18N4O4. The zero-order valence-electron chi connectivity index (χ0n) is 14.5. The van der Waals surface area contributed by atoms with E-state index in [2.05, 4.69) is 14.9 Å². The largest absolute Gasteiger partial charge is 0.494 e. The minimum Gasteiger partial charge on any atom is -0.494 e. The molecule has 0 unspecified atom stereocenters. The van der Waals surface area contributed by atoms with Gasteiger partial charge >= 0.3 is 0 Å². The Labute approximate surface area is 154 Å². The zero-order chi connectivity index (χ0) is 18.8. The summed E-state index contributed by atoms with van der Waals surface area (Å²) in [5, 5.41) is 21.7. The van der Waals surface area contributed by atoms with Crippen molar-refractivity contribution in [1.82, 2.24) is 4.98 Å². The number of nitro benzene ring substituents is 1. The van der Waals surface area contributed by atoms with Crippen LogP contribution in [0.2, 0.25) is 0 Å². The number of fused-ring (bicyclic) bond motifs is 1. The van der Waals surface area contributed by atoms with Gasteiger partial charge in [-0.2, -0.15) is 0 Å². The van der Waals surface area contributed by atoms with E-state index >= 15 is 0 Å². The number of hydrogen-bond donors (Lipinski definition) is 2. The number of aromatic amines is 1. The Bertz CT molecular complexity index is 1000. The normalized spacial score (nSPS) is 14.9. The van der Waals surface area contributed by atoms with Gasteiger partial charge in [0.05, 0.1) is 29.4 Å². The quantitative estimate of drug-likeness (QED) is 0.418. The van der Waals surface area contributed by atoms with Gasteiger partial charge in [0.1, 0.15) is 0 Å². The fourth-order valence-corrected chi connectivity index (χ4v) is 3.14. The van der Waals surface area contributed by atoms with Crippen LogP contribution in [0.4, 0.5) is 17.1 Å². The van der Waals surface area contributed by atoms with Crippen LogP contribution in [-0.2, 0) is 4.74 Å². The molecule has 1 fully saturated rings. The summed E-state index contributed by atoms with van der Waals surface area (Å²) in [7, 11) is 0. The van der Waals surface area contributed by atoms with Crippen LogP contribution in [0, 0.1) is 10.1 Å². The molecule has 3 aromatic rings. The lowest BCUT2D eigenvalue weighted by molar-refractivity contribution is -0.384. The number of nitrogens with zero attached hydrogens (tertiary/aromatic N) is 3. The first-order chi connectivity index (χ1) is 13.1. The second-order valence-corrected chi connectivity index (χ2v) is 6.25. The summed E-state index contributed by atoms with van der Waals surface area (Å²) in [6.07, 6.45) is 1.52. The van der Waals surface area contributed by atoms with Gasteiger partial charge in [0.2, 0.25) is 0 Å². The lowest BCUT2D eigenvalue weighted by Crippen LogP contribution is -2.36. The van der Waals surface area contributed by atoms with E-state index < -0.39 is 4.92 Å². The van der Waals surface area contributed by atoms with Crippen molar-refractivity contribution in [3.8, 4) is 5.88 Å². The van der Waals surface area contributed by atoms with Crippen molar-refractivity contribution in [1.29, 1.82) is 0 Å². The molecule has 4 rings (SSSR count). The van der Waals surface area contributed by atoms with Crippen LogP contribution in [0.5, 0.6) is 5.88 Å². The lowest BCUT2D eigenvalue weighted by Gasteiger charge is -2.28. The number of anilines is 1. The first kappa shape index (κ1) is 17.0. The summed E-state index contributed by atoms with van der Waals surface area (Å²) in [5.74, 6) is -0.0702. The summed E-state index contributed by atoms with van der Waals surface area (Å²) < 4.78 is 5.36. The average molecular weight is 366 g/mol. The van der Waals surface area contributed by atoms with Gasteiger partial charge in [-0.25, -0.2) is 0 Å². The van der Waals surface area contributed by atoms with Crippen molar-refractivity contribution >= 4 is 34.2 Å². The fraction of sp³-hybridized carbons (Fsp3) is 0.211.